The van der Waals surface area contributed by atoms with Crippen molar-refractivity contribution in [3.63, 3.8) is 0 Å². The standard InChI is InChI=1S/C35H21N3/c36-21-23-12-14-24(15-13-23)30-10-5-9-27-18-28(16-17-31(27)30)32-19-25-6-1-2-7-26(25)20-33(32)35-37-22-29-8-3-4-11-34(29)38-35/h1-20,22H. The molecule has 7 rings (SSSR count). The third kappa shape index (κ3) is 3.77. The highest BCUT2D eigenvalue weighted by Crippen LogP contribution is 2.37. The lowest BCUT2D eigenvalue weighted by Crippen LogP contribution is -1.94. The molecule has 6 aromatic carbocycles. The number of benzene rings is 6. The molecular weight excluding hydrogens is 462 g/mol. The van der Waals surface area contributed by atoms with Crippen molar-refractivity contribution in [3.05, 3.63) is 133 Å². The van der Waals surface area contributed by atoms with Crippen molar-refractivity contribution in [3.8, 4) is 39.7 Å². The van der Waals surface area contributed by atoms with Crippen molar-refractivity contribution >= 4 is 32.4 Å². The van der Waals surface area contributed by atoms with E-state index >= 15 is 0 Å². The number of nitriles is 1. The van der Waals surface area contributed by atoms with Gasteiger partial charge in [-0.3, -0.25) is 0 Å². The maximum Gasteiger partial charge on any atom is 0.160 e. The second-order valence-corrected chi connectivity index (χ2v) is 9.43. The van der Waals surface area contributed by atoms with Crippen molar-refractivity contribution < 1.29 is 0 Å². The molecule has 1 heterocycles. The molecule has 0 atom stereocenters. The molecule has 3 nitrogen and oxygen atoms in total. The highest BCUT2D eigenvalue weighted by Gasteiger charge is 2.14. The summed E-state index contributed by atoms with van der Waals surface area (Å²) in [4.78, 5) is 9.70. The van der Waals surface area contributed by atoms with Gasteiger partial charge < -0.3 is 0 Å². The molecule has 38 heavy (non-hydrogen) atoms. The Hall–Kier alpha value is -5.33. The van der Waals surface area contributed by atoms with Crippen LogP contribution in [0.3, 0.4) is 0 Å². The number of rotatable bonds is 3. The minimum Gasteiger partial charge on any atom is -0.236 e. The van der Waals surface area contributed by atoms with Crippen LogP contribution in [0.25, 0.3) is 66.1 Å². The van der Waals surface area contributed by atoms with Crippen molar-refractivity contribution in [1.29, 1.82) is 5.26 Å². The van der Waals surface area contributed by atoms with Gasteiger partial charge >= 0.3 is 0 Å². The number of nitrogens with zero attached hydrogens (tertiary/aromatic N) is 3. The van der Waals surface area contributed by atoms with Crippen LogP contribution in [-0.2, 0) is 0 Å². The van der Waals surface area contributed by atoms with Gasteiger partial charge in [0.25, 0.3) is 0 Å². The van der Waals surface area contributed by atoms with Crippen molar-refractivity contribution in [2.75, 3.05) is 0 Å². The number of aromatic nitrogens is 2. The molecular formula is C35H21N3. The van der Waals surface area contributed by atoms with Gasteiger partial charge in [-0.1, -0.05) is 84.9 Å². The quantitative estimate of drug-likeness (QED) is 0.252. The zero-order valence-electron chi connectivity index (χ0n) is 20.5. The fourth-order valence-electron chi connectivity index (χ4n) is 5.19. The Morgan fingerprint density at radius 1 is 0.526 bits per heavy atom. The number of hydrogen-bond donors (Lipinski definition) is 0. The van der Waals surface area contributed by atoms with E-state index in [-0.39, 0.29) is 0 Å². The van der Waals surface area contributed by atoms with E-state index in [2.05, 4.69) is 78.9 Å². The SMILES string of the molecule is N#Cc1ccc(-c2cccc3cc(-c4cc5ccccc5cc4-c4ncc5ccccc5n4)ccc23)cc1. The van der Waals surface area contributed by atoms with Crippen LogP contribution in [-0.4, -0.2) is 9.97 Å². The Labute approximate surface area is 220 Å². The molecule has 0 aliphatic rings. The monoisotopic (exact) mass is 483 g/mol. The van der Waals surface area contributed by atoms with Crippen LogP contribution in [0.1, 0.15) is 5.56 Å². The van der Waals surface area contributed by atoms with Gasteiger partial charge in [-0.2, -0.15) is 5.26 Å². The molecule has 0 bridgehead atoms. The Bertz CT molecular complexity index is 2030. The summed E-state index contributed by atoms with van der Waals surface area (Å²) < 4.78 is 0. The largest absolute Gasteiger partial charge is 0.236 e. The molecule has 0 spiro atoms. The van der Waals surface area contributed by atoms with E-state index in [1.165, 1.54) is 10.8 Å². The van der Waals surface area contributed by atoms with E-state index < -0.39 is 0 Å². The van der Waals surface area contributed by atoms with Gasteiger partial charge in [0.2, 0.25) is 0 Å². The Morgan fingerprint density at radius 3 is 2.00 bits per heavy atom. The van der Waals surface area contributed by atoms with E-state index in [4.69, 9.17) is 9.97 Å². The molecule has 3 heteroatoms. The zero-order chi connectivity index (χ0) is 25.5. The summed E-state index contributed by atoms with van der Waals surface area (Å²) in [6.07, 6.45) is 1.90. The van der Waals surface area contributed by atoms with Crippen LogP contribution < -0.4 is 0 Å². The van der Waals surface area contributed by atoms with Crippen molar-refractivity contribution in [2.24, 2.45) is 0 Å². The first-order valence-corrected chi connectivity index (χ1v) is 12.6. The minimum absolute atomic E-state index is 0.663. The number of hydrogen-bond acceptors (Lipinski definition) is 3. The lowest BCUT2D eigenvalue weighted by Gasteiger charge is -2.14. The molecule has 1 aromatic heterocycles. The summed E-state index contributed by atoms with van der Waals surface area (Å²) in [5, 5.41) is 14.9. The molecule has 0 aliphatic carbocycles. The molecule has 176 valence electrons. The lowest BCUT2D eigenvalue weighted by molar-refractivity contribution is 1.23. The van der Waals surface area contributed by atoms with E-state index in [1.54, 1.807) is 0 Å². The topological polar surface area (TPSA) is 49.6 Å². The summed E-state index contributed by atoms with van der Waals surface area (Å²) in [6.45, 7) is 0. The van der Waals surface area contributed by atoms with Gasteiger partial charge in [-0.15, -0.1) is 0 Å². The highest BCUT2D eigenvalue weighted by molar-refractivity contribution is 6.01. The summed E-state index contributed by atoms with van der Waals surface area (Å²) in [6, 6.07) is 43.9. The van der Waals surface area contributed by atoms with Gasteiger partial charge in [0, 0.05) is 17.1 Å². The third-order valence-electron chi connectivity index (χ3n) is 7.13. The summed E-state index contributed by atoms with van der Waals surface area (Å²) in [5.41, 5.74) is 7.07. The summed E-state index contributed by atoms with van der Waals surface area (Å²) in [7, 11) is 0. The van der Waals surface area contributed by atoms with Crippen LogP contribution in [0.5, 0.6) is 0 Å². The second kappa shape index (κ2) is 8.96. The molecule has 0 radical (unpaired) electrons. The maximum atomic E-state index is 9.17. The number of fused-ring (bicyclic) bond motifs is 3. The van der Waals surface area contributed by atoms with Crippen LogP contribution in [0.2, 0.25) is 0 Å². The zero-order valence-corrected chi connectivity index (χ0v) is 20.5. The third-order valence-corrected chi connectivity index (χ3v) is 7.13. The molecule has 0 fully saturated rings. The fourth-order valence-corrected chi connectivity index (χ4v) is 5.19. The first-order valence-electron chi connectivity index (χ1n) is 12.6. The minimum atomic E-state index is 0.663. The van der Waals surface area contributed by atoms with Crippen LogP contribution in [0.4, 0.5) is 0 Å². The molecule has 0 aliphatic heterocycles. The van der Waals surface area contributed by atoms with Crippen LogP contribution in [0.15, 0.2) is 128 Å². The first-order chi connectivity index (χ1) is 18.8. The normalized spacial score (nSPS) is 11.1. The smallest absolute Gasteiger partial charge is 0.160 e. The Balaban J connectivity index is 1.42. The van der Waals surface area contributed by atoms with E-state index in [1.807, 2.05) is 54.7 Å². The predicted octanol–water partition coefficient (Wildman–Crippen LogP) is 8.81. The molecule has 0 saturated carbocycles. The molecule has 0 amide bonds. The van der Waals surface area contributed by atoms with Crippen molar-refractivity contribution in [2.45, 2.75) is 0 Å². The molecule has 7 aromatic rings. The lowest BCUT2D eigenvalue weighted by atomic mass is 9.91. The second-order valence-electron chi connectivity index (χ2n) is 9.43. The first kappa shape index (κ1) is 21.9. The van der Waals surface area contributed by atoms with Gasteiger partial charge in [0.15, 0.2) is 5.82 Å². The van der Waals surface area contributed by atoms with E-state index in [0.717, 1.165) is 55.3 Å². The van der Waals surface area contributed by atoms with E-state index in [9.17, 15) is 5.26 Å². The average Bonchev–Trinajstić information content (AvgIpc) is 2.99. The molecule has 0 unspecified atom stereocenters. The average molecular weight is 484 g/mol. The fraction of sp³-hybridized carbons (Fsp3) is 0. The molecule has 0 N–H and O–H groups in total. The Morgan fingerprint density at radius 2 is 1.21 bits per heavy atom. The highest BCUT2D eigenvalue weighted by atomic mass is 14.9. The summed E-state index contributed by atoms with van der Waals surface area (Å²) >= 11 is 0. The van der Waals surface area contributed by atoms with Gasteiger partial charge in [-0.25, -0.2) is 9.97 Å². The van der Waals surface area contributed by atoms with Gasteiger partial charge in [0.1, 0.15) is 0 Å². The van der Waals surface area contributed by atoms with Gasteiger partial charge in [-0.05, 0) is 80.2 Å². The summed E-state index contributed by atoms with van der Waals surface area (Å²) in [5.74, 6) is 0.718. The predicted molar refractivity (Wildman–Crippen MR) is 156 cm³/mol. The van der Waals surface area contributed by atoms with Crippen LogP contribution in [0, 0.1) is 11.3 Å². The number of para-hydroxylation sites is 1. The maximum absolute atomic E-state index is 9.17. The Kier molecular flexibility index (Phi) is 5.17. The van der Waals surface area contributed by atoms with E-state index in [0.29, 0.717) is 5.56 Å². The van der Waals surface area contributed by atoms with Crippen LogP contribution >= 0.6 is 0 Å². The molecule has 0 saturated heterocycles. The van der Waals surface area contributed by atoms with Gasteiger partial charge in [0.05, 0.1) is 17.1 Å². The van der Waals surface area contributed by atoms with Crippen molar-refractivity contribution in [1.82, 2.24) is 9.97 Å².